The van der Waals surface area contributed by atoms with Crippen LogP contribution >= 0.6 is 22.9 Å². The Morgan fingerprint density at radius 2 is 1.00 bits per heavy atom. The second kappa shape index (κ2) is 19.2. The number of hydrogen-bond acceptors (Lipinski definition) is 5. The molecule has 0 saturated carbocycles. The van der Waals surface area contributed by atoms with Crippen molar-refractivity contribution < 1.29 is 9.47 Å². The molecule has 4 nitrogen and oxygen atoms in total. The van der Waals surface area contributed by atoms with Gasteiger partial charge in [-0.1, -0.05) is 138 Å². The Morgan fingerprint density at radius 3 is 1.46 bits per heavy atom. The van der Waals surface area contributed by atoms with E-state index in [1.807, 2.05) is 0 Å². The number of nitrogens with zero attached hydrogens (tertiary/aromatic N) is 2. The molecule has 0 atom stereocenters. The average molecular weight is 608 g/mol. The summed E-state index contributed by atoms with van der Waals surface area (Å²) in [5.41, 5.74) is 3.24. The highest BCUT2D eigenvalue weighted by atomic mass is 35.5. The highest BCUT2D eigenvalue weighted by Crippen LogP contribution is 2.31. The van der Waals surface area contributed by atoms with Crippen LogP contribution in [-0.4, -0.2) is 53.5 Å². The number of halogens is 1. The first kappa shape index (κ1) is 35.1. The number of unbranched alkanes of at least 4 members (excludes halogenated alkanes) is 11. The third kappa shape index (κ3) is 20.6. The van der Waals surface area contributed by atoms with E-state index in [9.17, 15) is 0 Å². The molecule has 0 aliphatic rings. The number of alkyl halides is 1. The Balaban J connectivity index is 1.96. The summed E-state index contributed by atoms with van der Waals surface area (Å²) in [5.74, 6) is 0.747. The van der Waals surface area contributed by atoms with Crippen LogP contribution in [0.25, 0.3) is 0 Å². The molecule has 1 aromatic heterocycles. The normalized spacial score (nSPS) is 12.8. The van der Waals surface area contributed by atoms with Crippen LogP contribution in [0.4, 0.5) is 0 Å². The van der Waals surface area contributed by atoms with Crippen LogP contribution in [0, 0.1) is 0 Å². The fraction of sp³-hybridized carbons (Fsp3) is 0.929. The summed E-state index contributed by atoms with van der Waals surface area (Å²) in [6.07, 6.45) is 16.6. The van der Waals surface area contributed by atoms with E-state index in [1.54, 1.807) is 17.4 Å². The maximum atomic E-state index is 5.76. The predicted molar refractivity (Wildman–Crippen MR) is 174 cm³/mol. The lowest BCUT2D eigenvalue weighted by Crippen LogP contribution is -2.44. The standard InChI is InChI=1S/C28H59ClN2O2SSi3/c1-35(2,3)25-37(6,7)26-36(4,5)24-20-16-12-10-8-9-11-14-18-22-32-27-30-31-28(34-27)33-23-19-15-13-17-21-29/h8-26H2,1-7H3. The van der Waals surface area contributed by atoms with Gasteiger partial charge in [0, 0.05) is 30.1 Å². The molecule has 0 saturated heterocycles. The van der Waals surface area contributed by atoms with E-state index < -0.39 is 24.2 Å². The van der Waals surface area contributed by atoms with Gasteiger partial charge >= 0.3 is 0 Å². The first-order valence-electron chi connectivity index (χ1n) is 15.1. The van der Waals surface area contributed by atoms with Crippen molar-refractivity contribution in [3.63, 3.8) is 0 Å². The molecular weight excluding hydrogens is 548 g/mol. The second-order valence-electron chi connectivity index (χ2n) is 13.8. The summed E-state index contributed by atoms with van der Waals surface area (Å²) < 4.78 is 11.4. The lowest BCUT2D eigenvalue weighted by molar-refractivity contribution is 0.295. The van der Waals surface area contributed by atoms with E-state index in [0.717, 1.165) is 44.6 Å². The highest BCUT2D eigenvalue weighted by Gasteiger charge is 2.34. The van der Waals surface area contributed by atoms with Crippen LogP contribution < -0.4 is 9.47 Å². The third-order valence-electron chi connectivity index (χ3n) is 6.83. The minimum Gasteiger partial charge on any atom is -0.469 e. The largest absolute Gasteiger partial charge is 0.469 e. The molecule has 0 spiro atoms. The van der Waals surface area contributed by atoms with Gasteiger partial charge in [0.05, 0.1) is 13.2 Å². The Kier molecular flexibility index (Phi) is 18.3. The molecule has 37 heavy (non-hydrogen) atoms. The molecule has 0 fully saturated rings. The topological polar surface area (TPSA) is 44.2 Å². The van der Waals surface area contributed by atoms with Gasteiger partial charge in [-0.05, 0) is 30.6 Å². The van der Waals surface area contributed by atoms with E-state index in [0.29, 0.717) is 17.0 Å². The minimum absolute atomic E-state index is 0.617. The minimum atomic E-state index is -1.01. The zero-order chi connectivity index (χ0) is 27.6. The maximum Gasteiger partial charge on any atom is 0.297 e. The van der Waals surface area contributed by atoms with E-state index in [1.165, 1.54) is 62.7 Å². The Morgan fingerprint density at radius 1 is 0.568 bits per heavy atom. The fourth-order valence-corrected chi connectivity index (χ4v) is 32.2. The van der Waals surface area contributed by atoms with E-state index in [-0.39, 0.29) is 0 Å². The van der Waals surface area contributed by atoms with E-state index in [2.05, 4.69) is 56.0 Å². The van der Waals surface area contributed by atoms with Crippen molar-refractivity contribution in [1.82, 2.24) is 10.2 Å². The number of ether oxygens (including phenoxy) is 2. The van der Waals surface area contributed by atoms with Crippen molar-refractivity contribution in [2.24, 2.45) is 0 Å². The number of rotatable bonds is 24. The van der Waals surface area contributed by atoms with Gasteiger partial charge in [-0.25, -0.2) is 0 Å². The molecule has 0 aliphatic carbocycles. The average Bonchev–Trinajstić information content (AvgIpc) is 3.22. The molecule has 218 valence electrons. The monoisotopic (exact) mass is 606 g/mol. The summed E-state index contributed by atoms with van der Waals surface area (Å²) >= 11 is 7.10. The van der Waals surface area contributed by atoms with Crippen molar-refractivity contribution in [3.8, 4) is 10.4 Å². The van der Waals surface area contributed by atoms with Gasteiger partial charge in [0.15, 0.2) is 0 Å². The van der Waals surface area contributed by atoms with Gasteiger partial charge in [0.2, 0.25) is 0 Å². The van der Waals surface area contributed by atoms with Crippen molar-refractivity contribution in [2.45, 2.75) is 147 Å². The predicted octanol–water partition coefficient (Wildman–Crippen LogP) is 10.4. The number of aromatic nitrogens is 2. The van der Waals surface area contributed by atoms with Crippen LogP contribution in [0.2, 0.25) is 63.2 Å². The van der Waals surface area contributed by atoms with Gasteiger partial charge in [-0.15, -0.1) is 11.6 Å². The first-order chi connectivity index (χ1) is 17.4. The van der Waals surface area contributed by atoms with Gasteiger partial charge in [0.1, 0.15) is 0 Å². The molecule has 1 rings (SSSR count). The molecule has 0 aliphatic heterocycles. The highest BCUT2D eigenvalue weighted by molar-refractivity contribution is 7.14. The maximum absolute atomic E-state index is 5.76. The molecule has 1 heterocycles. The van der Waals surface area contributed by atoms with Crippen molar-refractivity contribution in [1.29, 1.82) is 0 Å². The van der Waals surface area contributed by atoms with Gasteiger partial charge in [-0.2, -0.15) is 0 Å². The summed E-state index contributed by atoms with van der Waals surface area (Å²) in [4.78, 5) is 0. The van der Waals surface area contributed by atoms with Crippen LogP contribution in [-0.2, 0) is 0 Å². The van der Waals surface area contributed by atoms with Crippen LogP contribution in [0.1, 0.15) is 83.5 Å². The molecule has 9 heteroatoms. The molecule has 0 aromatic carbocycles. The lowest BCUT2D eigenvalue weighted by atomic mass is 10.1. The Bertz CT molecular complexity index is 699. The zero-order valence-corrected chi connectivity index (χ0v) is 30.0. The quantitative estimate of drug-likeness (QED) is 0.0666. The van der Waals surface area contributed by atoms with E-state index >= 15 is 0 Å². The third-order valence-corrected chi connectivity index (χ3v) is 25.3. The second-order valence-corrected chi connectivity index (χ2v) is 32.2. The van der Waals surface area contributed by atoms with Crippen molar-refractivity contribution in [2.75, 3.05) is 19.1 Å². The van der Waals surface area contributed by atoms with Crippen LogP contribution in [0.5, 0.6) is 10.4 Å². The summed E-state index contributed by atoms with van der Waals surface area (Å²) in [6, 6.07) is 1.55. The summed E-state index contributed by atoms with van der Waals surface area (Å²) in [7, 11) is -2.94. The number of hydrogen-bond donors (Lipinski definition) is 0. The van der Waals surface area contributed by atoms with Crippen molar-refractivity contribution in [3.05, 3.63) is 0 Å². The van der Waals surface area contributed by atoms with Crippen LogP contribution in [0.15, 0.2) is 0 Å². The smallest absolute Gasteiger partial charge is 0.297 e. The SMILES string of the molecule is C[Si](C)(C)C[Si](C)(C)C[Si](C)(C)CCCCCCCCCCCOc1nnc(OCCCCCCCl)s1. The van der Waals surface area contributed by atoms with Gasteiger partial charge in [0.25, 0.3) is 10.4 Å². The fourth-order valence-electron chi connectivity index (χ4n) is 6.01. The Hall–Kier alpha value is 0.101. The van der Waals surface area contributed by atoms with Crippen molar-refractivity contribution >= 4 is 47.2 Å². The summed E-state index contributed by atoms with van der Waals surface area (Å²) in [6.45, 7) is 19.8. The molecule has 0 unspecified atom stereocenters. The molecule has 0 amide bonds. The summed E-state index contributed by atoms with van der Waals surface area (Å²) in [5, 5.41) is 9.40. The molecular formula is C28H59ClN2O2SSi3. The molecule has 0 N–H and O–H groups in total. The van der Waals surface area contributed by atoms with E-state index in [4.69, 9.17) is 21.1 Å². The lowest BCUT2D eigenvalue weighted by Gasteiger charge is -2.36. The Labute approximate surface area is 242 Å². The van der Waals surface area contributed by atoms with Gasteiger partial charge in [-0.3, -0.25) is 0 Å². The molecule has 0 bridgehead atoms. The first-order valence-corrected chi connectivity index (χ1v) is 27.0. The molecule has 1 aromatic rings. The van der Waals surface area contributed by atoms with Gasteiger partial charge < -0.3 is 9.47 Å². The zero-order valence-electron chi connectivity index (χ0n) is 25.4. The molecule has 0 radical (unpaired) electrons. The van der Waals surface area contributed by atoms with Crippen LogP contribution in [0.3, 0.4) is 0 Å².